The Balaban J connectivity index is 1.46. The molecule has 1 aliphatic carbocycles. The van der Waals surface area contributed by atoms with E-state index in [1.807, 2.05) is 35.2 Å². The van der Waals surface area contributed by atoms with E-state index in [1.54, 1.807) is 0 Å². The molecule has 0 radical (unpaired) electrons. The number of hydrogen-bond acceptors (Lipinski definition) is 6. The minimum Gasteiger partial charge on any atom is -0.379 e. The van der Waals surface area contributed by atoms with Crippen LogP contribution in [0.3, 0.4) is 0 Å². The van der Waals surface area contributed by atoms with Crippen molar-refractivity contribution >= 4 is 44.9 Å². The van der Waals surface area contributed by atoms with Crippen LogP contribution in [-0.4, -0.2) is 41.2 Å². The van der Waals surface area contributed by atoms with Gasteiger partial charge in [-0.3, -0.25) is 4.90 Å². The molecule has 0 bridgehead atoms. The zero-order valence-electron chi connectivity index (χ0n) is 15.6. The van der Waals surface area contributed by atoms with Gasteiger partial charge >= 0.3 is 0 Å². The van der Waals surface area contributed by atoms with Crippen molar-refractivity contribution in [3.63, 3.8) is 0 Å². The molecule has 2 aromatic heterocycles. The van der Waals surface area contributed by atoms with Crippen LogP contribution >= 0.6 is 34.7 Å². The summed E-state index contributed by atoms with van der Waals surface area (Å²) >= 11 is 9.73. The van der Waals surface area contributed by atoms with Crippen LogP contribution in [0.2, 0.25) is 5.02 Å². The van der Waals surface area contributed by atoms with E-state index in [1.165, 1.54) is 39.1 Å². The van der Waals surface area contributed by atoms with E-state index < -0.39 is 0 Å². The molecule has 3 heterocycles. The van der Waals surface area contributed by atoms with Crippen molar-refractivity contribution in [2.45, 2.75) is 36.6 Å². The van der Waals surface area contributed by atoms with E-state index in [0.717, 1.165) is 60.9 Å². The summed E-state index contributed by atoms with van der Waals surface area (Å²) in [4.78, 5) is 15.1. The van der Waals surface area contributed by atoms with Gasteiger partial charge in [0.2, 0.25) is 0 Å². The summed E-state index contributed by atoms with van der Waals surface area (Å²) in [6, 6.07) is 8.11. The van der Waals surface area contributed by atoms with Crippen molar-refractivity contribution in [2.75, 3.05) is 26.3 Å². The highest BCUT2D eigenvalue weighted by atomic mass is 35.5. The fourth-order valence-corrected chi connectivity index (χ4v) is 6.37. The molecule has 0 N–H and O–H groups in total. The Morgan fingerprint density at radius 2 is 1.93 bits per heavy atom. The van der Waals surface area contributed by atoms with E-state index in [9.17, 15) is 0 Å². The quantitative estimate of drug-likeness (QED) is 0.421. The Morgan fingerprint density at radius 3 is 2.75 bits per heavy atom. The summed E-state index contributed by atoms with van der Waals surface area (Å²) < 4.78 is 5.47. The molecule has 28 heavy (non-hydrogen) atoms. The van der Waals surface area contributed by atoms with Crippen LogP contribution in [0.25, 0.3) is 10.2 Å². The van der Waals surface area contributed by atoms with Gasteiger partial charge in [0, 0.05) is 34.1 Å². The van der Waals surface area contributed by atoms with Gasteiger partial charge in [0.05, 0.1) is 19.8 Å². The number of aryl methyl sites for hydroxylation is 2. The number of fused-ring (bicyclic) bond motifs is 3. The molecule has 0 spiro atoms. The molecule has 1 fully saturated rings. The third-order valence-electron chi connectivity index (χ3n) is 5.34. The highest BCUT2D eigenvalue weighted by molar-refractivity contribution is 7.98. The molecule has 1 aromatic carbocycles. The van der Waals surface area contributed by atoms with Crippen molar-refractivity contribution in [2.24, 2.45) is 0 Å². The molecule has 7 heteroatoms. The first-order valence-corrected chi connectivity index (χ1v) is 11.9. The van der Waals surface area contributed by atoms with Crippen LogP contribution in [0, 0.1) is 0 Å². The molecular weight excluding hydrogens is 410 g/mol. The average molecular weight is 432 g/mol. The molecule has 0 saturated carbocycles. The maximum Gasteiger partial charge on any atom is 0.145 e. The zero-order chi connectivity index (χ0) is 18.9. The number of thioether (sulfide) groups is 1. The maximum atomic E-state index is 6.03. The van der Waals surface area contributed by atoms with Crippen LogP contribution in [0.15, 0.2) is 29.3 Å². The molecule has 1 saturated heterocycles. The molecule has 1 aliphatic heterocycles. The van der Waals surface area contributed by atoms with E-state index in [0.29, 0.717) is 0 Å². The van der Waals surface area contributed by atoms with Crippen LogP contribution < -0.4 is 0 Å². The Bertz CT molecular complexity index is 983. The average Bonchev–Trinajstić information content (AvgIpc) is 3.29. The number of hydrogen-bond donors (Lipinski definition) is 0. The number of rotatable bonds is 5. The molecule has 0 amide bonds. The lowest BCUT2D eigenvalue weighted by atomic mass is 10.2. The zero-order valence-corrected chi connectivity index (χ0v) is 18.0. The van der Waals surface area contributed by atoms with Crippen molar-refractivity contribution in [1.29, 1.82) is 0 Å². The van der Waals surface area contributed by atoms with Crippen LogP contribution in [0.4, 0.5) is 0 Å². The van der Waals surface area contributed by atoms with Gasteiger partial charge in [-0.25, -0.2) is 9.97 Å². The molecule has 0 unspecified atom stereocenters. The molecule has 2 aliphatic rings. The largest absolute Gasteiger partial charge is 0.379 e. The van der Waals surface area contributed by atoms with Crippen molar-refractivity contribution < 1.29 is 4.74 Å². The monoisotopic (exact) mass is 431 g/mol. The first-order chi connectivity index (χ1) is 13.8. The Kier molecular flexibility index (Phi) is 5.57. The van der Waals surface area contributed by atoms with Crippen molar-refractivity contribution in [3.05, 3.63) is 51.1 Å². The van der Waals surface area contributed by atoms with E-state index in [2.05, 4.69) is 17.0 Å². The lowest BCUT2D eigenvalue weighted by Gasteiger charge is -2.25. The SMILES string of the molecule is Clc1ccc(CSc2nc(CN3CCOCC3)nc3sc4c(c23)CCC4)cc1. The van der Waals surface area contributed by atoms with Gasteiger partial charge in [-0.05, 0) is 42.5 Å². The number of benzene rings is 1. The number of ether oxygens (including phenoxy) is 1. The molecule has 0 atom stereocenters. The number of aromatic nitrogens is 2. The summed E-state index contributed by atoms with van der Waals surface area (Å²) in [7, 11) is 0. The van der Waals surface area contributed by atoms with Crippen LogP contribution in [0.5, 0.6) is 0 Å². The molecule has 5 rings (SSSR count). The maximum absolute atomic E-state index is 6.03. The lowest BCUT2D eigenvalue weighted by Crippen LogP contribution is -2.36. The predicted octanol–water partition coefficient (Wildman–Crippen LogP) is 4.96. The summed E-state index contributed by atoms with van der Waals surface area (Å²) in [5.41, 5.74) is 2.76. The highest BCUT2D eigenvalue weighted by Crippen LogP contribution is 2.41. The van der Waals surface area contributed by atoms with Gasteiger partial charge in [-0.15, -0.1) is 23.1 Å². The summed E-state index contributed by atoms with van der Waals surface area (Å²) in [5, 5.41) is 3.23. The summed E-state index contributed by atoms with van der Waals surface area (Å²) in [6.07, 6.45) is 3.61. The van der Waals surface area contributed by atoms with E-state index in [4.69, 9.17) is 26.3 Å². The lowest BCUT2D eigenvalue weighted by molar-refractivity contribution is 0.0330. The topological polar surface area (TPSA) is 38.2 Å². The fraction of sp³-hybridized carbons (Fsp3) is 0.429. The summed E-state index contributed by atoms with van der Waals surface area (Å²) in [5.74, 6) is 1.83. The second-order valence-electron chi connectivity index (χ2n) is 7.29. The molecule has 4 nitrogen and oxygen atoms in total. The molecular formula is C21H22ClN3OS2. The number of morpholine rings is 1. The van der Waals surface area contributed by atoms with Gasteiger partial charge in [0.15, 0.2) is 0 Å². The van der Waals surface area contributed by atoms with Gasteiger partial charge < -0.3 is 4.74 Å². The van der Waals surface area contributed by atoms with Crippen LogP contribution in [0.1, 0.15) is 28.2 Å². The minimum atomic E-state index is 0.779. The van der Waals surface area contributed by atoms with E-state index >= 15 is 0 Å². The van der Waals surface area contributed by atoms with Gasteiger partial charge in [0.25, 0.3) is 0 Å². The van der Waals surface area contributed by atoms with Gasteiger partial charge in [-0.2, -0.15) is 0 Å². The number of nitrogens with zero attached hydrogens (tertiary/aromatic N) is 3. The Labute approximate surface area is 178 Å². The number of thiophene rings is 1. The smallest absolute Gasteiger partial charge is 0.145 e. The normalized spacial score (nSPS) is 17.3. The third-order valence-corrected chi connectivity index (χ3v) is 7.82. The van der Waals surface area contributed by atoms with Gasteiger partial charge in [-0.1, -0.05) is 23.7 Å². The Hall–Kier alpha value is -1.18. The van der Waals surface area contributed by atoms with Gasteiger partial charge in [0.1, 0.15) is 15.7 Å². The highest BCUT2D eigenvalue weighted by Gasteiger charge is 2.23. The van der Waals surface area contributed by atoms with Crippen molar-refractivity contribution in [1.82, 2.24) is 14.9 Å². The second-order valence-corrected chi connectivity index (χ2v) is 9.77. The first-order valence-electron chi connectivity index (χ1n) is 9.75. The number of halogens is 1. The first kappa shape index (κ1) is 18.8. The van der Waals surface area contributed by atoms with Crippen molar-refractivity contribution in [3.8, 4) is 0 Å². The molecule has 146 valence electrons. The third kappa shape index (κ3) is 3.94. The standard InChI is InChI=1S/C21H22ClN3OS2/c22-15-6-4-14(5-7-15)13-27-20-19-16-2-1-3-17(16)28-21(19)24-18(23-20)12-25-8-10-26-11-9-25/h4-7H,1-3,8-13H2. The summed E-state index contributed by atoms with van der Waals surface area (Å²) in [6.45, 7) is 4.31. The fourth-order valence-electron chi connectivity index (χ4n) is 3.87. The predicted molar refractivity (Wildman–Crippen MR) is 117 cm³/mol. The minimum absolute atomic E-state index is 0.779. The molecule has 3 aromatic rings. The van der Waals surface area contributed by atoms with Crippen LogP contribution in [-0.2, 0) is 29.9 Å². The Morgan fingerprint density at radius 1 is 1.11 bits per heavy atom. The second kappa shape index (κ2) is 8.28. The van der Waals surface area contributed by atoms with E-state index in [-0.39, 0.29) is 0 Å².